The average Bonchev–Trinajstić information content (AvgIpc) is 2.71. The number of rotatable bonds is 10. The van der Waals surface area contributed by atoms with E-state index in [2.05, 4.69) is 4.89 Å². The highest BCUT2D eigenvalue weighted by Crippen LogP contribution is 2.27. The van der Waals surface area contributed by atoms with Gasteiger partial charge in [-0.2, -0.15) is 0 Å². The molecule has 2 aromatic carbocycles. The van der Waals surface area contributed by atoms with E-state index in [-0.39, 0.29) is 6.61 Å². The SMILES string of the molecule is O=C(COc1ccc(Cl)cc1Cl)OOc1ccccc1.O=C(O)CC(O)(CC(=O)O)C(=O)O. The maximum absolute atomic E-state index is 11.4. The Hall–Kier alpha value is -3.54. The van der Waals surface area contributed by atoms with Gasteiger partial charge in [0.25, 0.3) is 0 Å². The monoisotopic (exact) mass is 504 g/mol. The lowest BCUT2D eigenvalue weighted by Crippen LogP contribution is -2.42. The number of hydrogen-bond acceptors (Lipinski definition) is 8. The standard InChI is InChI=1S/C14H10Cl2O4.C6H8O7/c15-10-6-7-13(12(16)8-10)18-9-14(17)20-19-11-4-2-1-3-5-11;7-3(8)1-6(13,5(11)12)2-4(9)10/h1-8H,9H2;13H,1-2H2,(H,7,8)(H,9,10)(H,11,12). The van der Waals surface area contributed by atoms with E-state index in [1.807, 2.05) is 6.07 Å². The molecular weight excluding hydrogens is 487 g/mol. The summed E-state index contributed by atoms with van der Waals surface area (Å²) in [6.07, 6.45) is -2.29. The van der Waals surface area contributed by atoms with E-state index in [0.29, 0.717) is 21.5 Å². The Morgan fingerprint density at radius 2 is 1.45 bits per heavy atom. The molecule has 0 aliphatic rings. The van der Waals surface area contributed by atoms with Crippen LogP contribution in [-0.2, 0) is 24.1 Å². The second-order valence-electron chi connectivity index (χ2n) is 6.19. The molecule has 0 atom stereocenters. The number of aliphatic hydroxyl groups is 1. The van der Waals surface area contributed by atoms with Gasteiger partial charge in [-0.3, -0.25) is 14.5 Å². The van der Waals surface area contributed by atoms with Crippen molar-refractivity contribution in [2.75, 3.05) is 6.61 Å². The first kappa shape index (κ1) is 27.5. The number of benzene rings is 2. The van der Waals surface area contributed by atoms with Crippen LogP contribution in [0.25, 0.3) is 0 Å². The van der Waals surface area contributed by atoms with Crippen LogP contribution < -0.4 is 9.62 Å². The van der Waals surface area contributed by atoms with Crippen LogP contribution in [0.2, 0.25) is 10.0 Å². The summed E-state index contributed by atoms with van der Waals surface area (Å²) >= 11 is 11.6. The first-order valence-electron chi connectivity index (χ1n) is 8.82. The molecule has 0 aromatic heterocycles. The molecule has 0 amide bonds. The summed E-state index contributed by atoms with van der Waals surface area (Å²) in [5, 5.41) is 34.6. The third-order valence-corrected chi connectivity index (χ3v) is 4.03. The van der Waals surface area contributed by atoms with Crippen LogP contribution in [-0.4, -0.2) is 56.5 Å². The maximum Gasteiger partial charge on any atom is 0.392 e. The van der Waals surface area contributed by atoms with E-state index in [4.69, 9.17) is 53.3 Å². The molecule has 4 N–H and O–H groups in total. The van der Waals surface area contributed by atoms with Gasteiger partial charge in [0.2, 0.25) is 0 Å². The Morgan fingerprint density at radius 1 is 0.879 bits per heavy atom. The number of carbonyl (C=O) groups is 4. The van der Waals surface area contributed by atoms with E-state index >= 15 is 0 Å². The predicted octanol–water partition coefficient (Wildman–Crippen LogP) is 2.66. The van der Waals surface area contributed by atoms with Gasteiger partial charge in [0.05, 0.1) is 17.9 Å². The van der Waals surface area contributed by atoms with Gasteiger partial charge in [-0.15, -0.1) is 0 Å². The highest BCUT2D eigenvalue weighted by Gasteiger charge is 2.40. The van der Waals surface area contributed by atoms with E-state index in [0.717, 1.165) is 0 Å². The molecule has 33 heavy (non-hydrogen) atoms. The molecule has 0 aliphatic heterocycles. The minimum Gasteiger partial charge on any atom is -0.481 e. The van der Waals surface area contributed by atoms with Gasteiger partial charge < -0.3 is 25.2 Å². The van der Waals surface area contributed by atoms with Crippen molar-refractivity contribution in [1.29, 1.82) is 0 Å². The largest absolute Gasteiger partial charge is 0.481 e. The fourth-order valence-corrected chi connectivity index (χ4v) is 2.50. The summed E-state index contributed by atoms with van der Waals surface area (Å²) < 4.78 is 5.20. The van der Waals surface area contributed by atoms with Gasteiger partial charge in [0, 0.05) is 5.02 Å². The molecule has 0 fully saturated rings. The number of aliphatic carboxylic acids is 3. The molecule has 11 nitrogen and oxygen atoms in total. The van der Waals surface area contributed by atoms with E-state index in [1.165, 1.54) is 6.07 Å². The molecule has 0 bridgehead atoms. The first-order valence-corrected chi connectivity index (χ1v) is 9.58. The lowest BCUT2D eigenvalue weighted by Gasteiger charge is -2.18. The average molecular weight is 505 g/mol. The molecule has 178 valence electrons. The van der Waals surface area contributed by atoms with Gasteiger partial charge in [0.1, 0.15) is 5.75 Å². The molecule has 0 aliphatic carbocycles. The smallest absolute Gasteiger partial charge is 0.392 e. The topological polar surface area (TPSA) is 177 Å². The Balaban J connectivity index is 0.000000366. The molecule has 0 saturated carbocycles. The van der Waals surface area contributed by atoms with Crippen LogP contribution in [0, 0.1) is 0 Å². The second kappa shape index (κ2) is 13.1. The van der Waals surface area contributed by atoms with Crippen molar-refractivity contribution in [2.45, 2.75) is 18.4 Å². The normalized spacial score (nSPS) is 10.3. The van der Waals surface area contributed by atoms with Crippen LogP contribution in [0.1, 0.15) is 12.8 Å². The molecular formula is C20H18Cl2O11. The number of carboxylic acid groups (broad SMARTS) is 3. The summed E-state index contributed by atoms with van der Waals surface area (Å²) in [6.45, 7) is -0.325. The van der Waals surface area contributed by atoms with Crippen LogP contribution in [0.5, 0.6) is 11.5 Å². The summed E-state index contributed by atoms with van der Waals surface area (Å²) in [4.78, 5) is 51.3. The zero-order chi connectivity index (χ0) is 25.0. The minimum atomic E-state index is -2.74. The maximum atomic E-state index is 11.4. The number of halogens is 2. The van der Waals surface area contributed by atoms with Gasteiger partial charge in [-0.05, 0) is 30.3 Å². The van der Waals surface area contributed by atoms with Crippen molar-refractivity contribution in [2.24, 2.45) is 0 Å². The van der Waals surface area contributed by atoms with E-state index < -0.39 is 42.3 Å². The third kappa shape index (κ3) is 10.5. The molecule has 13 heteroatoms. The zero-order valence-electron chi connectivity index (χ0n) is 16.6. The van der Waals surface area contributed by atoms with Crippen LogP contribution in [0.3, 0.4) is 0 Å². The van der Waals surface area contributed by atoms with Crippen molar-refractivity contribution in [3.8, 4) is 11.5 Å². The zero-order valence-corrected chi connectivity index (χ0v) is 18.2. The Labute approximate surface area is 196 Å². The summed E-state index contributed by atoms with van der Waals surface area (Å²) in [5.74, 6) is -4.94. The van der Waals surface area contributed by atoms with Crippen molar-refractivity contribution in [1.82, 2.24) is 0 Å². The highest BCUT2D eigenvalue weighted by atomic mass is 35.5. The van der Waals surface area contributed by atoms with Crippen molar-refractivity contribution in [3.05, 3.63) is 58.6 Å². The fourth-order valence-electron chi connectivity index (χ4n) is 2.04. The van der Waals surface area contributed by atoms with E-state index in [9.17, 15) is 19.2 Å². The lowest BCUT2D eigenvalue weighted by molar-refractivity contribution is -0.215. The first-order chi connectivity index (χ1) is 15.4. The van der Waals surface area contributed by atoms with E-state index in [1.54, 1.807) is 36.4 Å². The molecule has 0 heterocycles. The molecule has 2 rings (SSSR count). The Morgan fingerprint density at radius 3 is 1.94 bits per heavy atom. The molecule has 2 aromatic rings. The van der Waals surface area contributed by atoms with Crippen LogP contribution in [0.4, 0.5) is 0 Å². The highest BCUT2D eigenvalue weighted by molar-refractivity contribution is 6.35. The van der Waals surface area contributed by atoms with Gasteiger partial charge in [-0.25, -0.2) is 14.5 Å². The molecule has 0 saturated heterocycles. The molecule has 0 unspecified atom stereocenters. The minimum absolute atomic E-state index is 0.314. The summed E-state index contributed by atoms with van der Waals surface area (Å²) in [7, 11) is 0. The lowest BCUT2D eigenvalue weighted by atomic mass is 9.96. The number of ether oxygens (including phenoxy) is 1. The van der Waals surface area contributed by atoms with Crippen LogP contribution >= 0.6 is 23.2 Å². The van der Waals surface area contributed by atoms with Gasteiger partial charge in [-0.1, -0.05) is 41.4 Å². The molecule has 0 spiro atoms. The van der Waals surface area contributed by atoms with Crippen molar-refractivity contribution in [3.63, 3.8) is 0 Å². The molecule has 0 radical (unpaired) electrons. The fraction of sp³-hybridized carbons (Fsp3) is 0.200. The number of para-hydroxylation sites is 1. The van der Waals surface area contributed by atoms with Crippen LogP contribution in [0.15, 0.2) is 48.5 Å². The van der Waals surface area contributed by atoms with Gasteiger partial charge in [0.15, 0.2) is 18.0 Å². The Kier molecular flexibility index (Phi) is 10.9. The number of carbonyl (C=O) groups excluding carboxylic acids is 1. The predicted molar refractivity (Wildman–Crippen MR) is 112 cm³/mol. The number of carboxylic acids is 3. The van der Waals surface area contributed by atoms with Crippen molar-refractivity contribution >= 4 is 47.1 Å². The summed E-state index contributed by atoms with van der Waals surface area (Å²) in [5.41, 5.74) is -2.74. The summed E-state index contributed by atoms with van der Waals surface area (Å²) in [6, 6.07) is 13.3. The second-order valence-corrected chi connectivity index (χ2v) is 7.04. The van der Waals surface area contributed by atoms with Gasteiger partial charge >= 0.3 is 23.9 Å². The third-order valence-electron chi connectivity index (χ3n) is 3.50. The Bertz CT molecular complexity index is 963. The van der Waals surface area contributed by atoms with Crippen molar-refractivity contribution < 1.29 is 54.1 Å². The quantitative estimate of drug-likeness (QED) is 0.276. The number of hydrogen-bond donors (Lipinski definition) is 4.